The van der Waals surface area contributed by atoms with E-state index in [1.54, 1.807) is 6.08 Å². The normalized spacial score (nSPS) is 15.3. The van der Waals surface area contributed by atoms with Crippen LogP contribution in [0.1, 0.15) is 123 Å². The van der Waals surface area contributed by atoms with Gasteiger partial charge >= 0.3 is 25.7 Å². The van der Waals surface area contributed by atoms with Crippen molar-refractivity contribution >= 4 is 25.7 Å². The Kier molecular flexibility index (Phi) is 36.9. The van der Waals surface area contributed by atoms with E-state index in [1.165, 1.54) is 19.3 Å². The van der Waals surface area contributed by atoms with E-state index in [0.29, 0.717) is 25.7 Å². The Labute approximate surface area is 353 Å². The maximum atomic E-state index is 12.6. The van der Waals surface area contributed by atoms with Gasteiger partial charge in [0.2, 0.25) is 0 Å². The maximum absolute atomic E-state index is 12.6. The minimum Gasteiger partial charge on any atom is -0.480 e. The van der Waals surface area contributed by atoms with Crippen LogP contribution in [0.4, 0.5) is 0 Å². The van der Waals surface area contributed by atoms with Crippen molar-refractivity contribution < 1.29 is 52.6 Å². The number of phosphoric acid groups is 1. The zero-order valence-corrected chi connectivity index (χ0v) is 36.3. The molecule has 4 atom stereocenters. The van der Waals surface area contributed by atoms with E-state index in [0.717, 1.165) is 51.4 Å². The van der Waals surface area contributed by atoms with E-state index in [-0.39, 0.29) is 12.8 Å². The van der Waals surface area contributed by atoms with Crippen LogP contribution < -0.4 is 5.73 Å². The highest BCUT2D eigenvalue weighted by Crippen LogP contribution is 2.43. The van der Waals surface area contributed by atoms with E-state index in [2.05, 4.69) is 67.0 Å². The predicted octanol–water partition coefficient (Wildman–Crippen LogP) is 10.0. The average molecular weight is 846 g/mol. The number of nitrogens with two attached hydrogens (primary N) is 1. The molecule has 0 spiro atoms. The number of esters is 2. The summed E-state index contributed by atoms with van der Waals surface area (Å²) >= 11 is 0. The topological polar surface area (TPSA) is 192 Å². The largest absolute Gasteiger partial charge is 0.480 e. The van der Waals surface area contributed by atoms with Crippen molar-refractivity contribution in [2.75, 3.05) is 19.8 Å². The molecule has 0 aliphatic carbocycles. The molecule has 0 bridgehead atoms. The third kappa shape index (κ3) is 39.3. The standard InChI is InChI=1S/C46H72NO11P/c1-3-5-7-9-11-12-13-14-15-16-17-22-25-29-33-37-45(50)58-42(39-56-59(53,54)57-40-43(47)46(51)52)38-55-44(49)36-32-28-24-21-19-18-20-23-27-31-35-41(48)34-30-26-10-8-6-4-2/h6,8,11-12,14-15,17-19,22-24,26-28,30-31,35,41-43,48H,3-5,7,9-10,13,16,20-21,25,29,32-34,36-40,47H2,1-2H3,(H,51,52)(H,53,54)/b8-6-,12-11-,15-14-,19-18-,22-17-,27-23-,28-24-,30-26-,35-31+/t41?,42-,43+/m1/s1. The van der Waals surface area contributed by atoms with Gasteiger partial charge in [-0.15, -0.1) is 0 Å². The van der Waals surface area contributed by atoms with Crippen molar-refractivity contribution in [1.82, 2.24) is 0 Å². The highest BCUT2D eigenvalue weighted by atomic mass is 31.2. The van der Waals surface area contributed by atoms with Gasteiger partial charge in [0.15, 0.2) is 6.10 Å². The summed E-state index contributed by atoms with van der Waals surface area (Å²) in [5.74, 6) is -2.59. The fourth-order valence-electron chi connectivity index (χ4n) is 4.77. The van der Waals surface area contributed by atoms with Crippen LogP contribution in [0.3, 0.4) is 0 Å². The number of allylic oxidation sites excluding steroid dienone is 16. The first-order chi connectivity index (χ1) is 28.5. The van der Waals surface area contributed by atoms with Crippen LogP contribution >= 0.6 is 7.82 Å². The smallest absolute Gasteiger partial charge is 0.472 e. The van der Waals surface area contributed by atoms with Gasteiger partial charge in [0, 0.05) is 12.8 Å². The third-order valence-corrected chi connectivity index (χ3v) is 9.05. The van der Waals surface area contributed by atoms with Crippen LogP contribution in [-0.2, 0) is 37.5 Å². The molecule has 0 radical (unpaired) electrons. The Hall–Kier alpha value is -3.90. The third-order valence-electron chi connectivity index (χ3n) is 8.10. The van der Waals surface area contributed by atoms with Crippen LogP contribution in [0.2, 0.25) is 0 Å². The summed E-state index contributed by atoms with van der Waals surface area (Å²) in [5, 5.41) is 18.9. The number of carboxylic acid groups (broad SMARTS) is 1. The molecule has 2 unspecified atom stereocenters. The van der Waals surface area contributed by atoms with Crippen molar-refractivity contribution in [2.45, 2.75) is 141 Å². The fourth-order valence-corrected chi connectivity index (χ4v) is 5.55. The monoisotopic (exact) mass is 845 g/mol. The summed E-state index contributed by atoms with van der Waals surface area (Å²) in [6.07, 6.45) is 47.7. The number of unbranched alkanes of at least 4 members (excludes halogenated alkanes) is 5. The van der Waals surface area contributed by atoms with Gasteiger partial charge in [-0.1, -0.05) is 136 Å². The van der Waals surface area contributed by atoms with Crippen LogP contribution in [0.25, 0.3) is 0 Å². The Morgan fingerprint density at radius 1 is 0.627 bits per heavy atom. The number of carbonyl (C=O) groups excluding carboxylic acids is 2. The molecule has 0 aromatic carbocycles. The lowest BCUT2D eigenvalue weighted by molar-refractivity contribution is -0.161. The molecule has 0 amide bonds. The highest BCUT2D eigenvalue weighted by molar-refractivity contribution is 7.47. The Bertz CT molecular complexity index is 1430. The van der Waals surface area contributed by atoms with E-state index < -0.39 is 63.8 Å². The van der Waals surface area contributed by atoms with Crippen LogP contribution in [0.15, 0.2) is 109 Å². The summed E-state index contributed by atoms with van der Waals surface area (Å²) in [5.41, 5.74) is 5.32. The Morgan fingerprint density at radius 2 is 1.17 bits per heavy atom. The Morgan fingerprint density at radius 3 is 1.78 bits per heavy atom. The second-order valence-corrected chi connectivity index (χ2v) is 15.0. The maximum Gasteiger partial charge on any atom is 0.472 e. The molecule has 0 saturated heterocycles. The first-order valence-corrected chi connectivity index (χ1v) is 22.5. The molecule has 0 rings (SSSR count). The molecular formula is C46H72NO11P. The van der Waals surface area contributed by atoms with Gasteiger partial charge in [0.05, 0.1) is 19.3 Å². The number of aliphatic hydroxyl groups is 1. The number of hydrogen-bond donors (Lipinski definition) is 4. The molecule has 0 fully saturated rings. The number of phosphoric ester groups is 1. The second kappa shape index (κ2) is 39.6. The Balaban J connectivity index is 4.65. The quantitative estimate of drug-likeness (QED) is 0.0152. The molecular weight excluding hydrogens is 773 g/mol. The van der Waals surface area contributed by atoms with Crippen molar-refractivity contribution in [3.63, 3.8) is 0 Å². The van der Waals surface area contributed by atoms with E-state index >= 15 is 0 Å². The number of carbonyl (C=O) groups is 3. The van der Waals surface area contributed by atoms with Crippen LogP contribution in [0.5, 0.6) is 0 Å². The van der Waals surface area contributed by atoms with Crippen LogP contribution in [-0.4, -0.2) is 71.1 Å². The molecule has 0 aromatic heterocycles. The zero-order valence-electron chi connectivity index (χ0n) is 35.4. The van der Waals surface area contributed by atoms with Crippen molar-refractivity contribution in [3.05, 3.63) is 109 Å². The number of carboxylic acids is 1. The molecule has 13 heteroatoms. The SMILES string of the molecule is CC/C=C\C/C=C\CC(O)/C=C/C=C\C/C=C\C/C=C\CCC(=O)OC[C@H](COP(=O)(O)OC[C@H](N)C(=O)O)OC(=O)CCCC/C=C\C/C=C\C/C=C\CCCCC. The predicted molar refractivity (Wildman–Crippen MR) is 236 cm³/mol. The summed E-state index contributed by atoms with van der Waals surface area (Å²) in [6.45, 7) is 2.44. The molecule has 332 valence electrons. The van der Waals surface area contributed by atoms with E-state index in [1.807, 2.05) is 54.7 Å². The van der Waals surface area contributed by atoms with Gasteiger partial charge < -0.3 is 30.3 Å². The molecule has 59 heavy (non-hydrogen) atoms. The molecule has 5 N–H and O–H groups in total. The summed E-state index contributed by atoms with van der Waals surface area (Å²) in [6, 6.07) is -1.55. The number of hydrogen-bond acceptors (Lipinski definition) is 10. The van der Waals surface area contributed by atoms with Crippen molar-refractivity contribution in [3.8, 4) is 0 Å². The lowest BCUT2D eigenvalue weighted by Crippen LogP contribution is -2.34. The van der Waals surface area contributed by atoms with Gasteiger partial charge in [-0.3, -0.25) is 23.4 Å². The minimum absolute atomic E-state index is 0.0581. The van der Waals surface area contributed by atoms with Crippen molar-refractivity contribution in [2.24, 2.45) is 5.73 Å². The van der Waals surface area contributed by atoms with Crippen LogP contribution in [0, 0.1) is 0 Å². The highest BCUT2D eigenvalue weighted by Gasteiger charge is 2.28. The van der Waals surface area contributed by atoms with E-state index in [9.17, 15) is 28.9 Å². The average Bonchev–Trinajstić information content (AvgIpc) is 3.21. The number of aliphatic hydroxyl groups excluding tert-OH is 1. The van der Waals surface area contributed by atoms with Gasteiger partial charge in [-0.25, -0.2) is 4.57 Å². The molecule has 0 aromatic rings. The fraction of sp³-hybridized carbons (Fsp3) is 0.543. The number of ether oxygens (including phenoxy) is 2. The molecule has 0 aliphatic heterocycles. The number of aliphatic carboxylic acids is 1. The van der Waals surface area contributed by atoms with Gasteiger partial charge in [0.25, 0.3) is 0 Å². The van der Waals surface area contributed by atoms with Gasteiger partial charge in [-0.2, -0.15) is 0 Å². The molecule has 0 saturated carbocycles. The van der Waals surface area contributed by atoms with Crippen molar-refractivity contribution in [1.29, 1.82) is 0 Å². The molecule has 12 nitrogen and oxygen atoms in total. The number of rotatable bonds is 37. The van der Waals surface area contributed by atoms with E-state index in [4.69, 9.17) is 24.8 Å². The molecule has 0 aliphatic rings. The minimum atomic E-state index is -4.76. The van der Waals surface area contributed by atoms with Gasteiger partial charge in [0.1, 0.15) is 12.6 Å². The summed E-state index contributed by atoms with van der Waals surface area (Å²) in [4.78, 5) is 45.9. The summed E-state index contributed by atoms with van der Waals surface area (Å²) in [7, 11) is -4.76. The van der Waals surface area contributed by atoms with Gasteiger partial charge in [-0.05, 0) is 83.5 Å². The lowest BCUT2D eigenvalue weighted by Gasteiger charge is -2.20. The molecule has 0 heterocycles. The first kappa shape index (κ1) is 55.1. The zero-order chi connectivity index (χ0) is 43.7. The summed E-state index contributed by atoms with van der Waals surface area (Å²) < 4.78 is 32.5. The second-order valence-electron chi connectivity index (χ2n) is 13.6. The first-order valence-electron chi connectivity index (χ1n) is 21.0. The lowest BCUT2D eigenvalue weighted by atomic mass is 10.1.